The van der Waals surface area contributed by atoms with Gasteiger partial charge in [-0.15, -0.1) is 0 Å². The maximum atomic E-state index is 11.2. The fraction of sp³-hybridized carbons (Fsp3) is 0.818. The molecule has 0 aliphatic heterocycles. The van der Waals surface area contributed by atoms with Crippen molar-refractivity contribution in [2.75, 3.05) is 0 Å². The molecule has 0 rings (SSSR count). The molecule has 30 heavy (non-hydrogen) atoms. The fourth-order valence-corrected chi connectivity index (χ4v) is 3.18. The standard InChI is InChI=1S/C22H41NO7/c1-3-4-5-10-13-17(25)14-11-8-6-7-9-12-15-18(26)21(30-16(2)24)20(27)19(23)22(28)29/h12,15,17-21,25-27H,3-11,13-14,23H2,1-2H3,(H,28,29)/b15-12+/t17-,18+,19+,20-,21-/m1/s1. The molecular formula is C22H41NO7. The molecule has 0 saturated heterocycles. The second-order valence-electron chi connectivity index (χ2n) is 7.84. The van der Waals surface area contributed by atoms with Crippen LogP contribution in [0.25, 0.3) is 0 Å². The Morgan fingerprint density at radius 3 is 2.07 bits per heavy atom. The molecule has 0 saturated carbocycles. The number of unbranched alkanes of at least 4 members (excludes halogenated alkanes) is 7. The SMILES string of the molecule is CCCCCC[C@@H](O)CCCCCC/C=C/[C@H](O)[C@@H](OC(C)=O)[C@H](O)[C@H](N)C(=O)O. The molecule has 0 fully saturated rings. The first-order chi connectivity index (χ1) is 14.2. The first kappa shape index (κ1) is 28.5. The number of hydrogen-bond acceptors (Lipinski definition) is 7. The van der Waals surface area contributed by atoms with E-state index in [2.05, 4.69) is 6.92 Å². The average Bonchev–Trinajstić information content (AvgIpc) is 2.69. The summed E-state index contributed by atoms with van der Waals surface area (Å²) >= 11 is 0. The van der Waals surface area contributed by atoms with Gasteiger partial charge in [-0.25, -0.2) is 0 Å². The van der Waals surface area contributed by atoms with Gasteiger partial charge in [0.05, 0.1) is 6.10 Å². The van der Waals surface area contributed by atoms with Crippen LogP contribution in [0.5, 0.6) is 0 Å². The van der Waals surface area contributed by atoms with Gasteiger partial charge in [-0.3, -0.25) is 9.59 Å². The van der Waals surface area contributed by atoms with Crippen molar-refractivity contribution in [1.82, 2.24) is 0 Å². The number of allylic oxidation sites excluding steroid dienone is 1. The number of aliphatic hydroxyl groups excluding tert-OH is 3. The highest BCUT2D eigenvalue weighted by Gasteiger charge is 2.36. The molecule has 0 aliphatic carbocycles. The number of carbonyl (C=O) groups excluding carboxylic acids is 1. The maximum Gasteiger partial charge on any atom is 0.323 e. The van der Waals surface area contributed by atoms with Crippen LogP contribution in [0.15, 0.2) is 12.2 Å². The number of hydrogen-bond donors (Lipinski definition) is 5. The van der Waals surface area contributed by atoms with E-state index in [0.29, 0.717) is 6.42 Å². The third-order valence-electron chi connectivity index (χ3n) is 5.01. The third-order valence-corrected chi connectivity index (χ3v) is 5.01. The lowest BCUT2D eigenvalue weighted by Gasteiger charge is -2.27. The minimum absolute atomic E-state index is 0.210. The van der Waals surface area contributed by atoms with Crippen LogP contribution in [-0.4, -0.2) is 62.8 Å². The lowest BCUT2D eigenvalue weighted by atomic mass is 10.00. The number of aliphatic carboxylic acids is 1. The van der Waals surface area contributed by atoms with Gasteiger partial charge in [0.1, 0.15) is 18.2 Å². The molecule has 0 aromatic carbocycles. The molecule has 0 aromatic rings. The molecule has 0 amide bonds. The quantitative estimate of drug-likeness (QED) is 0.126. The van der Waals surface area contributed by atoms with Gasteiger partial charge in [0, 0.05) is 6.92 Å². The molecule has 0 unspecified atom stereocenters. The Morgan fingerprint density at radius 1 is 0.967 bits per heavy atom. The second-order valence-corrected chi connectivity index (χ2v) is 7.84. The number of nitrogens with two attached hydrogens (primary N) is 1. The van der Waals surface area contributed by atoms with Crippen LogP contribution in [0.3, 0.4) is 0 Å². The molecule has 0 heterocycles. The van der Waals surface area contributed by atoms with E-state index in [1.54, 1.807) is 6.08 Å². The zero-order valence-electron chi connectivity index (χ0n) is 18.4. The number of carboxylic acids is 1. The molecule has 0 bridgehead atoms. The Balaban J connectivity index is 4.13. The number of carbonyl (C=O) groups is 2. The highest BCUT2D eigenvalue weighted by Crippen LogP contribution is 2.14. The molecule has 0 spiro atoms. The lowest BCUT2D eigenvalue weighted by molar-refractivity contribution is -0.164. The summed E-state index contributed by atoms with van der Waals surface area (Å²) in [7, 11) is 0. The van der Waals surface area contributed by atoms with Crippen LogP contribution in [0, 0.1) is 0 Å². The first-order valence-corrected chi connectivity index (χ1v) is 11.1. The van der Waals surface area contributed by atoms with Crippen LogP contribution in [0.2, 0.25) is 0 Å². The van der Waals surface area contributed by atoms with Crippen molar-refractivity contribution in [3.05, 3.63) is 12.2 Å². The van der Waals surface area contributed by atoms with Crippen LogP contribution in [0.1, 0.15) is 84.5 Å². The van der Waals surface area contributed by atoms with Gasteiger partial charge in [-0.05, 0) is 25.7 Å². The molecule has 0 aliphatic rings. The zero-order chi connectivity index (χ0) is 22.9. The van der Waals surface area contributed by atoms with E-state index in [1.165, 1.54) is 25.3 Å². The summed E-state index contributed by atoms with van der Waals surface area (Å²) in [5, 5.41) is 39.0. The van der Waals surface area contributed by atoms with Crippen molar-refractivity contribution in [1.29, 1.82) is 0 Å². The largest absolute Gasteiger partial charge is 0.480 e. The number of ether oxygens (including phenoxy) is 1. The minimum atomic E-state index is -1.74. The van der Waals surface area contributed by atoms with Crippen molar-refractivity contribution in [3.8, 4) is 0 Å². The van der Waals surface area contributed by atoms with Gasteiger partial charge in [0.2, 0.25) is 0 Å². The number of esters is 1. The van der Waals surface area contributed by atoms with Crippen LogP contribution in [0.4, 0.5) is 0 Å². The van der Waals surface area contributed by atoms with E-state index in [1.807, 2.05) is 0 Å². The normalized spacial score (nSPS) is 16.7. The van der Waals surface area contributed by atoms with Crippen molar-refractivity contribution >= 4 is 11.9 Å². The minimum Gasteiger partial charge on any atom is -0.480 e. The van der Waals surface area contributed by atoms with Crippen molar-refractivity contribution in [2.45, 2.75) is 115 Å². The van der Waals surface area contributed by atoms with Gasteiger partial charge in [-0.1, -0.05) is 64.0 Å². The average molecular weight is 432 g/mol. The van der Waals surface area contributed by atoms with E-state index in [0.717, 1.165) is 51.9 Å². The molecule has 176 valence electrons. The molecule has 5 atom stereocenters. The van der Waals surface area contributed by atoms with E-state index in [4.69, 9.17) is 15.6 Å². The Labute approximate surface area is 180 Å². The number of aliphatic hydroxyl groups is 3. The summed E-state index contributed by atoms with van der Waals surface area (Å²) < 4.78 is 4.86. The predicted molar refractivity (Wildman–Crippen MR) is 115 cm³/mol. The van der Waals surface area contributed by atoms with Crippen molar-refractivity contribution < 1.29 is 34.8 Å². The zero-order valence-corrected chi connectivity index (χ0v) is 18.4. The highest BCUT2D eigenvalue weighted by molar-refractivity contribution is 5.74. The summed E-state index contributed by atoms with van der Waals surface area (Å²) in [5.41, 5.74) is 5.36. The number of rotatable bonds is 18. The van der Waals surface area contributed by atoms with Crippen molar-refractivity contribution in [3.63, 3.8) is 0 Å². The Kier molecular flexibility index (Phi) is 16.4. The maximum absolute atomic E-state index is 11.2. The molecule has 0 radical (unpaired) electrons. The molecule has 6 N–H and O–H groups in total. The number of carboxylic acid groups (broad SMARTS) is 1. The van der Waals surface area contributed by atoms with Gasteiger partial charge in [0.15, 0.2) is 6.10 Å². The van der Waals surface area contributed by atoms with Gasteiger partial charge < -0.3 is 30.9 Å². The summed E-state index contributed by atoms with van der Waals surface area (Å²) in [6, 6.07) is -1.68. The third kappa shape index (κ3) is 13.7. The monoisotopic (exact) mass is 431 g/mol. The summed E-state index contributed by atoms with van der Waals surface area (Å²) in [6.07, 6.45) is 9.29. The van der Waals surface area contributed by atoms with E-state index in [9.17, 15) is 24.9 Å². The van der Waals surface area contributed by atoms with Gasteiger partial charge in [-0.2, -0.15) is 0 Å². The van der Waals surface area contributed by atoms with E-state index < -0.39 is 36.3 Å². The predicted octanol–water partition coefficient (Wildman–Crippen LogP) is 2.28. The molecule has 0 aromatic heterocycles. The Hall–Kier alpha value is -1.48. The highest BCUT2D eigenvalue weighted by atomic mass is 16.6. The van der Waals surface area contributed by atoms with Gasteiger partial charge in [0.25, 0.3) is 0 Å². The fourth-order valence-electron chi connectivity index (χ4n) is 3.18. The van der Waals surface area contributed by atoms with Crippen LogP contribution in [-0.2, 0) is 14.3 Å². The van der Waals surface area contributed by atoms with Gasteiger partial charge >= 0.3 is 11.9 Å². The first-order valence-electron chi connectivity index (χ1n) is 11.1. The van der Waals surface area contributed by atoms with E-state index in [-0.39, 0.29) is 6.10 Å². The van der Waals surface area contributed by atoms with Crippen molar-refractivity contribution in [2.24, 2.45) is 5.73 Å². The Morgan fingerprint density at radius 2 is 1.53 bits per heavy atom. The summed E-state index contributed by atoms with van der Waals surface area (Å²) in [6.45, 7) is 3.27. The second kappa shape index (κ2) is 17.2. The Bertz CT molecular complexity index is 498. The van der Waals surface area contributed by atoms with Crippen LogP contribution >= 0.6 is 0 Å². The summed E-state index contributed by atoms with van der Waals surface area (Å²) in [5.74, 6) is -2.21. The molecule has 8 nitrogen and oxygen atoms in total. The molecule has 8 heteroatoms. The van der Waals surface area contributed by atoms with E-state index >= 15 is 0 Å². The lowest BCUT2D eigenvalue weighted by Crippen LogP contribution is -2.53. The summed E-state index contributed by atoms with van der Waals surface area (Å²) in [4.78, 5) is 22.1. The molecular weight excluding hydrogens is 390 g/mol. The smallest absolute Gasteiger partial charge is 0.323 e. The van der Waals surface area contributed by atoms with Crippen LogP contribution < -0.4 is 5.73 Å². The topological polar surface area (TPSA) is 150 Å².